The van der Waals surface area contributed by atoms with Gasteiger partial charge in [0.25, 0.3) is 0 Å². The van der Waals surface area contributed by atoms with Gasteiger partial charge in [0.15, 0.2) is 0 Å². The number of nitrogens with one attached hydrogen (secondary N) is 1. The summed E-state index contributed by atoms with van der Waals surface area (Å²) in [5.41, 5.74) is 10.3. The van der Waals surface area contributed by atoms with Crippen LogP contribution < -0.4 is 16.7 Å². The maximum Gasteiger partial charge on any atom is 0.514 e. The van der Waals surface area contributed by atoms with E-state index < -0.39 is 7.12 Å². The molecule has 17 heavy (non-hydrogen) atoms. The van der Waals surface area contributed by atoms with E-state index in [1.165, 1.54) is 0 Å². The standard InChI is InChI=1S/C12H13BN2O2/c14-11-6-4-5-10(9-11)13(16)17-15-12-7-2-1-3-8-12/h1-9,15-16H,14H2. The van der Waals surface area contributed by atoms with Crippen LogP contribution in [0.4, 0.5) is 11.4 Å². The molecule has 0 spiro atoms. The Morgan fingerprint density at radius 3 is 2.53 bits per heavy atom. The van der Waals surface area contributed by atoms with Crippen molar-refractivity contribution in [3.8, 4) is 0 Å². The van der Waals surface area contributed by atoms with E-state index in [1.807, 2.05) is 30.3 Å². The van der Waals surface area contributed by atoms with Gasteiger partial charge in [-0.15, -0.1) is 0 Å². The van der Waals surface area contributed by atoms with Gasteiger partial charge in [-0.2, -0.15) is 0 Å². The zero-order valence-electron chi connectivity index (χ0n) is 9.21. The lowest BCUT2D eigenvalue weighted by Gasteiger charge is -2.10. The molecule has 0 aliphatic heterocycles. The van der Waals surface area contributed by atoms with E-state index in [9.17, 15) is 5.02 Å². The molecule has 0 aromatic heterocycles. The van der Waals surface area contributed by atoms with E-state index in [-0.39, 0.29) is 0 Å². The van der Waals surface area contributed by atoms with Crippen molar-refractivity contribution in [2.24, 2.45) is 0 Å². The molecule has 2 aromatic carbocycles. The molecule has 0 radical (unpaired) electrons. The molecule has 0 heterocycles. The van der Waals surface area contributed by atoms with Crippen LogP contribution in [-0.2, 0) is 4.76 Å². The summed E-state index contributed by atoms with van der Waals surface area (Å²) < 4.78 is 5.12. The molecule has 4 N–H and O–H groups in total. The van der Waals surface area contributed by atoms with Crippen molar-refractivity contribution < 1.29 is 9.78 Å². The van der Waals surface area contributed by atoms with Crippen LogP contribution >= 0.6 is 0 Å². The van der Waals surface area contributed by atoms with Gasteiger partial charge in [0, 0.05) is 5.69 Å². The highest BCUT2D eigenvalue weighted by atomic mass is 16.7. The summed E-state index contributed by atoms with van der Waals surface area (Å²) in [5, 5.41) is 9.77. The number of anilines is 2. The molecule has 0 fully saturated rings. The van der Waals surface area contributed by atoms with Crippen molar-refractivity contribution in [3.05, 3.63) is 54.6 Å². The van der Waals surface area contributed by atoms with Crippen LogP contribution in [0.15, 0.2) is 54.6 Å². The molecule has 0 unspecified atom stereocenters. The molecule has 0 saturated carbocycles. The Morgan fingerprint density at radius 1 is 1.06 bits per heavy atom. The van der Waals surface area contributed by atoms with Gasteiger partial charge in [-0.3, -0.25) is 10.2 Å². The highest BCUT2D eigenvalue weighted by molar-refractivity contribution is 6.60. The molecule has 4 nitrogen and oxygen atoms in total. The Balaban J connectivity index is 1.96. The summed E-state index contributed by atoms with van der Waals surface area (Å²) >= 11 is 0. The van der Waals surface area contributed by atoms with Crippen LogP contribution in [0.25, 0.3) is 0 Å². The van der Waals surface area contributed by atoms with Gasteiger partial charge >= 0.3 is 7.12 Å². The molecule has 2 aromatic rings. The summed E-state index contributed by atoms with van der Waals surface area (Å²) in [4.78, 5) is 0. The van der Waals surface area contributed by atoms with Crippen LogP contribution in [0.5, 0.6) is 0 Å². The normalized spacial score (nSPS) is 9.94. The number of rotatable bonds is 4. The third kappa shape index (κ3) is 3.24. The van der Waals surface area contributed by atoms with Crippen LogP contribution in [-0.4, -0.2) is 12.1 Å². The SMILES string of the molecule is Nc1cccc(B(O)ONc2ccccc2)c1. The van der Waals surface area contributed by atoms with Gasteiger partial charge in [-0.25, -0.2) is 0 Å². The number of nitrogen functional groups attached to an aromatic ring is 1. The van der Waals surface area contributed by atoms with Crippen molar-refractivity contribution in [1.82, 2.24) is 0 Å². The van der Waals surface area contributed by atoms with E-state index in [0.717, 1.165) is 5.69 Å². The number of benzene rings is 2. The van der Waals surface area contributed by atoms with Crippen LogP contribution in [0, 0.1) is 0 Å². The van der Waals surface area contributed by atoms with Crippen molar-refractivity contribution >= 4 is 24.0 Å². The minimum absolute atomic E-state index is 0.588. The minimum atomic E-state index is -1.06. The molecule has 0 bridgehead atoms. The predicted molar refractivity (Wildman–Crippen MR) is 69.6 cm³/mol. The first-order valence-corrected chi connectivity index (χ1v) is 5.26. The predicted octanol–water partition coefficient (Wildman–Crippen LogP) is 1.000. The van der Waals surface area contributed by atoms with Gasteiger partial charge in [-0.05, 0) is 29.7 Å². The van der Waals surface area contributed by atoms with E-state index in [0.29, 0.717) is 11.2 Å². The first kappa shape index (κ1) is 11.5. The van der Waals surface area contributed by atoms with Gasteiger partial charge in [0.1, 0.15) is 0 Å². The molecule has 5 heteroatoms. The monoisotopic (exact) mass is 228 g/mol. The van der Waals surface area contributed by atoms with Gasteiger partial charge in [0.2, 0.25) is 0 Å². The lowest BCUT2D eigenvalue weighted by atomic mass is 9.80. The van der Waals surface area contributed by atoms with Crippen LogP contribution in [0.2, 0.25) is 0 Å². The number of hydrogen-bond acceptors (Lipinski definition) is 4. The summed E-state index contributed by atoms with van der Waals surface area (Å²) in [7, 11) is -1.06. The Hall–Kier alpha value is -1.98. The molecular weight excluding hydrogens is 215 g/mol. The average molecular weight is 228 g/mol. The van der Waals surface area contributed by atoms with Gasteiger partial charge in [-0.1, -0.05) is 30.3 Å². The number of nitrogens with two attached hydrogens (primary N) is 1. The average Bonchev–Trinajstić information content (AvgIpc) is 2.37. The molecular formula is C12H13BN2O2. The number of hydrogen-bond donors (Lipinski definition) is 3. The van der Waals surface area contributed by atoms with E-state index >= 15 is 0 Å². The van der Waals surface area contributed by atoms with E-state index in [1.54, 1.807) is 24.3 Å². The minimum Gasteiger partial charge on any atom is -0.422 e. The quantitative estimate of drug-likeness (QED) is 0.415. The summed E-state index contributed by atoms with van der Waals surface area (Å²) in [6.07, 6.45) is 0. The van der Waals surface area contributed by atoms with Crippen molar-refractivity contribution in [3.63, 3.8) is 0 Å². The molecule has 2 rings (SSSR count). The van der Waals surface area contributed by atoms with Gasteiger partial charge < -0.3 is 10.8 Å². The molecule has 0 amide bonds. The summed E-state index contributed by atoms with van der Waals surface area (Å²) in [6.45, 7) is 0. The summed E-state index contributed by atoms with van der Waals surface area (Å²) in [6, 6.07) is 16.3. The second kappa shape index (κ2) is 5.38. The largest absolute Gasteiger partial charge is 0.514 e. The lowest BCUT2D eigenvalue weighted by molar-refractivity contribution is 0.335. The van der Waals surface area contributed by atoms with Crippen molar-refractivity contribution in [2.75, 3.05) is 11.2 Å². The third-order valence-electron chi connectivity index (χ3n) is 2.26. The fourth-order valence-electron chi connectivity index (χ4n) is 1.41. The molecule has 86 valence electrons. The topological polar surface area (TPSA) is 67.5 Å². The molecule has 0 atom stereocenters. The highest BCUT2D eigenvalue weighted by Crippen LogP contribution is 2.05. The first-order chi connectivity index (χ1) is 8.25. The second-order valence-electron chi connectivity index (χ2n) is 3.61. The summed E-state index contributed by atoms with van der Waals surface area (Å²) in [5.74, 6) is 0. The Bertz CT molecular complexity index is 479. The molecule has 0 aliphatic rings. The fraction of sp³-hybridized carbons (Fsp3) is 0. The highest BCUT2D eigenvalue weighted by Gasteiger charge is 2.16. The Labute approximate surface area is 100 Å². The Morgan fingerprint density at radius 2 is 1.82 bits per heavy atom. The van der Waals surface area contributed by atoms with Crippen molar-refractivity contribution in [2.45, 2.75) is 0 Å². The zero-order valence-corrected chi connectivity index (χ0v) is 9.21. The molecule has 0 saturated heterocycles. The third-order valence-corrected chi connectivity index (χ3v) is 2.26. The van der Waals surface area contributed by atoms with E-state index in [4.69, 9.17) is 10.5 Å². The molecule has 0 aliphatic carbocycles. The zero-order chi connectivity index (χ0) is 12.1. The van der Waals surface area contributed by atoms with Gasteiger partial charge in [0.05, 0.1) is 5.69 Å². The van der Waals surface area contributed by atoms with Crippen LogP contribution in [0.1, 0.15) is 0 Å². The van der Waals surface area contributed by atoms with Crippen molar-refractivity contribution in [1.29, 1.82) is 0 Å². The smallest absolute Gasteiger partial charge is 0.422 e. The first-order valence-electron chi connectivity index (χ1n) is 5.26. The maximum absolute atomic E-state index is 9.77. The fourth-order valence-corrected chi connectivity index (χ4v) is 1.41. The van der Waals surface area contributed by atoms with E-state index in [2.05, 4.69) is 5.48 Å². The number of para-hydroxylation sites is 1. The maximum atomic E-state index is 9.77. The lowest BCUT2D eigenvalue weighted by Crippen LogP contribution is -2.35. The Kier molecular flexibility index (Phi) is 3.64. The second-order valence-corrected chi connectivity index (χ2v) is 3.61. The van der Waals surface area contributed by atoms with Crippen LogP contribution in [0.3, 0.4) is 0 Å².